The molecular weight excluding hydrogens is 194 g/mol. The first-order valence-corrected chi connectivity index (χ1v) is 5.76. The highest BCUT2D eigenvalue weighted by Crippen LogP contribution is 2.17. The Bertz CT molecular complexity index is 149. The van der Waals surface area contributed by atoms with Crippen LogP contribution >= 0.6 is 0 Å². The molecule has 1 aliphatic rings. The van der Waals surface area contributed by atoms with Gasteiger partial charge < -0.3 is 19.9 Å². The van der Waals surface area contributed by atoms with Gasteiger partial charge in [0, 0.05) is 19.8 Å². The first-order valence-electron chi connectivity index (χ1n) is 5.76. The topological polar surface area (TPSA) is 53.7 Å². The smallest absolute Gasteiger partial charge is 0.0701 e. The average Bonchev–Trinajstić information content (AvgIpc) is 2.74. The van der Waals surface area contributed by atoms with Crippen LogP contribution in [0.4, 0.5) is 0 Å². The number of nitrogens with two attached hydrogens (primary N) is 1. The molecular formula is C11H23NO3. The summed E-state index contributed by atoms with van der Waals surface area (Å²) >= 11 is 0. The SMILES string of the molecule is COCCOCC(N)CCC1CCCO1. The van der Waals surface area contributed by atoms with E-state index in [-0.39, 0.29) is 6.04 Å². The largest absolute Gasteiger partial charge is 0.382 e. The Labute approximate surface area is 92.1 Å². The second kappa shape index (κ2) is 8.05. The molecule has 0 bridgehead atoms. The van der Waals surface area contributed by atoms with Crippen LogP contribution in [0, 0.1) is 0 Å². The van der Waals surface area contributed by atoms with Crippen molar-refractivity contribution >= 4 is 0 Å². The summed E-state index contributed by atoms with van der Waals surface area (Å²) in [6, 6.07) is 0.131. The van der Waals surface area contributed by atoms with Gasteiger partial charge in [0.1, 0.15) is 0 Å². The van der Waals surface area contributed by atoms with Crippen molar-refractivity contribution in [1.82, 2.24) is 0 Å². The Morgan fingerprint density at radius 2 is 2.33 bits per heavy atom. The lowest BCUT2D eigenvalue weighted by Gasteiger charge is -2.14. The zero-order valence-electron chi connectivity index (χ0n) is 9.61. The third kappa shape index (κ3) is 6.10. The van der Waals surface area contributed by atoms with Crippen LogP contribution in [0.3, 0.4) is 0 Å². The third-order valence-corrected chi connectivity index (χ3v) is 2.65. The van der Waals surface area contributed by atoms with Gasteiger partial charge in [-0.3, -0.25) is 0 Å². The van der Waals surface area contributed by atoms with E-state index in [0.717, 1.165) is 19.4 Å². The molecule has 2 N–H and O–H groups in total. The highest BCUT2D eigenvalue weighted by molar-refractivity contribution is 4.69. The quantitative estimate of drug-likeness (QED) is 0.615. The molecule has 0 saturated carbocycles. The molecule has 90 valence electrons. The van der Waals surface area contributed by atoms with Crippen LogP contribution in [0.2, 0.25) is 0 Å². The lowest BCUT2D eigenvalue weighted by atomic mass is 10.1. The maximum Gasteiger partial charge on any atom is 0.0701 e. The van der Waals surface area contributed by atoms with Gasteiger partial charge in [-0.05, 0) is 25.7 Å². The first kappa shape index (κ1) is 12.9. The maximum absolute atomic E-state index is 5.91. The molecule has 2 unspecified atom stereocenters. The van der Waals surface area contributed by atoms with Crippen molar-refractivity contribution in [2.45, 2.75) is 37.8 Å². The average molecular weight is 217 g/mol. The fraction of sp³-hybridized carbons (Fsp3) is 1.00. The number of rotatable bonds is 8. The zero-order chi connectivity index (χ0) is 10.9. The molecule has 0 aromatic carbocycles. The van der Waals surface area contributed by atoms with E-state index in [2.05, 4.69) is 0 Å². The van der Waals surface area contributed by atoms with Gasteiger partial charge >= 0.3 is 0 Å². The van der Waals surface area contributed by atoms with Crippen LogP contribution < -0.4 is 5.73 Å². The van der Waals surface area contributed by atoms with E-state index in [4.69, 9.17) is 19.9 Å². The molecule has 0 radical (unpaired) electrons. The Balaban J connectivity index is 1.90. The number of hydrogen-bond acceptors (Lipinski definition) is 4. The summed E-state index contributed by atoms with van der Waals surface area (Å²) in [5.41, 5.74) is 5.91. The van der Waals surface area contributed by atoms with Gasteiger partial charge in [-0.25, -0.2) is 0 Å². The van der Waals surface area contributed by atoms with E-state index in [9.17, 15) is 0 Å². The van der Waals surface area contributed by atoms with Gasteiger partial charge in [-0.15, -0.1) is 0 Å². The Hall–Kier alpha value is -0.160. The minimum atomic E-state index is 0.131. The lowest BCUT2D eigenvalue weighted by Crippen LogP contribution is -2.28. The third-order valence-electron chi connectivity index (χ3n) is 2.65. The molecule has 4 heteroatoms. The van der Waals surface area contributed by atoms with Gasteiger partial charge in [0.15, 0.2) is 0 Å². The fourth-order valence-electron chi connectivity index (χ4n) is 1.73. The molecule has 0 aromatic heterocycles. The van der Waals surface area contributed by atoms with E-state index in [1.807, 2.05) is 0 Å². The molecule has 0 spiro atoms. The molecule has 1 rings (SSSR count). The predicted molar refractivity (Wildman–Crippen MR) is 58.9 cm³/mol. The zero-order valence-corrected chi connectivity index (χ0v) is 9.61. The summed E-state index contributed by atoms with van der Waals surface area (Å²) in [5, 5.41) is 0. The number of hydrogen-bond donors (Lipinski definition) is 1. The lowest BCUT2D eigenvalue weighted by molar-refractivity contribution is 0.0574. The molecule has 0 amide bonds. The van der Waals surface area contributed by atoms with E-state index >= 15 is 0 Å². The minimum Gasteiger partial charge on any atom is -0.382 e. The van der Waals surface area contributed by atoms with Gasteiger partial charge in [-0.1, -0.05) is 0 Å². The van der Waals surface area contributed by atoms with Crippen LogP contribution in [0.25, 0.3) is 0 Å². The van der Waals surface area contributed by atoms with E-state index in [0.29, 0.717) is 25.9 Å². The van der Waals surface area contributed by atoms with Crippen LogP contribution in [-0.4, -0.2) is 45.7 Å². The summed E-state index contributed by atoms with van der Waals surface area (Å²) in [7, 11) is 1.67. The normalized spacial score (nSPS) is 23.2. The molecule has 0 aromatic rings. The Morgan fingerprint density at radius 1 is 1.47 bits per heavy atom. The second-order valence-electron chi connectivity index (χ2n) is 4.04. The molecule has 0 aliphatic carbocycles. The summed E-state index contributed by atoms with van der Waals surface area (Å²) in [5.74, 6) is 0. The fourth-order valence-corrected chi connectivity index (χ4v) is 1.73. The molecule has 15 heavy (non-hydrogen) atoms. The molecule has 2 atom stereocenters. The minimum absolute atomic E-state index is 0.131. The van der Waals surface area contributed by atoms with Crippen LogP contribution in [0.15, 0.2) is 0 Å². The predicted octanol–water partition coefficient (Wildman–Crippen LogP) is 0.936. The van der Waals surface area contributed by atoms with Crippen molar-refractivity contribution in [2.75, 3.05) is 33.5 Å². The van der Waals surface area contributed by atoms with Gasteiger partial charge in [0.2, 0.25) is 0 Å². The standard InChI is InChI=1S/C11H23NO3/c1-13-7-8-14-9-10(12)4-5-11-3-2-6-15-11/h10-11H,2-9,12H2,1H3. The first-order chi connectivity index (χ1) is 7.33. The summed E-state index contributed by atoms with van der Waals surface area (Å²) < 4.78 is 15.8. The maximum atomic E-state index is 5.91. The Morgan fingerprint density at radius 3 is 3.00 bits per heavy atom. The van der Waals surface area contributed by atoms with Crippen LogP contribution in [0.5, 0.6) is 0 Å². The van der Waals surface area contributed by atoms with Crippen LogP contribution in [0.1, 0.15) is 25.7 Å². The van der Waals surface area contributed by atoms with Crippen molar-refractivity contribution in [3.63, 3.8) is 0 Å². The van der Waals surface area contributed by atoms with Gasteiger partial charge in [0.25, 0.3) is 0 Å². The van der Waals surface area contributed by atoms with Crippen LogP contribution in [-0.2, 0) is 14.2 Å². The molecule has 1 aliphatic heterocycles. The molecule has 4 nitrogen and oxygen atoms in total. The van der Waals surface area contributed by atoms with Gasteiger partial charge in [-0.2, -0.15) is 0 Å². The van der Waals surface area contributed by atoms with Crippen molar-refractivity contribution in [2.24, 2.45) is 5.73 Å². The monoisotopic (exact) mass is 217 g/mol. The molecule has 1 heterocycles. The summed E-state index contributed by atoms with van der Waals surface area (Å²) in [6.45, 7) is 2.81. The van der Waals surface area contributed by atoms with Crippen molar-refractivity contribution < 1.29 is 14.2 Å². The van der Waals surface area contributed by atoms with E-state index in [1.165, 1.54) is 12.8 Å². The second-order valence-corrected chi connectivity index (χ2v) is 4.04. The van der Waals surface area contributed by atoms with Crippen molar-refractivity contribution in [1.29, 1.82) is 0 Å². The summed E-state index contributed by atoms with van der Waals surface area (Å²) in [4.78, 5) is 0. The highest BCUT2D eigenvalue weighted by Gasteiger charge is 2.16. The highest BCUT2D eigenvalue weighted by atomic mass is 16.5. The van der Waals surface area contributed by atoms with Gasteiger partial charge in [0.05, 0.1) is 25.9 Å². The molecule has 1 fully saturated rings. The number of methoxy groups -OCH3 is 1. The van der Waals surface area contributed by atoms with Crippen molar-refractivity contribution in [3.05, 3.63) is 0 Å². The molecule has 1 saturated heterocycles. The Kier molecular flexibility index (Phi) is 6.92. The number of ether oxygens (including phenoxy) is 3. The van der Waals surface area contributed by atoms with E-state index < -0.39 is 0 Å². The van der Waals surface area contributed by atoms with E-state index in [1.54, 1.807) is 7.11 Å². The summed E-state index contributed by atoms with van der Waals surface area (Å²) in [6.07, 6.45) is 4.88. The van der Waals surface area contributed by atoms with Crippen molar-refractivity contribution in [3.8, 4) is 0 Å².